The molecule has 6 heteroatoms. The van der Waals surface area contributed by atoms with Crippen LogP contribution in [0.25, 0.3) is 0 Å². The van der Waals surface area contributed by atoms with Crippen molar-refractivity contribution in [1.29, 1.82) is 0 Å². The highest BCUT2D eigenvalue weighted by atomic mass is 16.6. The SMILES string of the molecule is CCCCC/C=C\C/C=C\CCCCCCCC(=O)OC(COC(=O)CCCCCCCCCCCCC/C=C\C/C=C\CCCCCCC)COC(=O)CCCCCCCCCCCCCCC. The van der Waals surface area contributed by atoms with Crippen molar-refractivity contribution in [2.45, 2.75) is 322 Å². The Balaban J connectivity index is 4.30. The van der Waals surface area contributed by atoms with Crippen molar-refractivity contribution in [2.75, 3.05) is 13.2 Å². The topological polar surface area (TPSA) is 78.9 Å². The van der Waals surface area contributed by atoms with Gasteiger partial charge in [-0.1, -0.05) is 262 Å². The minimum absolute atomic E-state index is 0.0761. The van der Waals surface area contributed by atoms with E-state index >= 15 is 0 Å². The van der Waals surface area contributed by atoms with E-state index in [1.54, 1.807) is 0 Å². The zero-order chi connectivity index (χ0) is 50.0. The molecule has 0 N–H and O–H groups in total. The summed E-state index contributed by atoms with van der Waals surface area (Å²) < 4.78 is 16.9. The molecule has 0 amide bonds. The van der Waals surface area contributed by atoms with Crippen molar-refractivity contribution >= 4 is 17.9 Å². The number of hydrogen-bond acceptors (Lipinski definition) is 6. The third kappa shape index (κ3) is 56.2. The molecule has 0 bridgehead atoms. The molecule has 1 atom stereocenters. The van der Waals surface area contributed by atoms with Gasteiger partial charge in [0.2, 0.25) is 0 Å². The molecule has 0 aromatic carbocycles. The monoisotopic (exact) mass is 967 g/mol. The molecule has 0 saturated carbocycles. The highest BCUT2D eigenvalue weighted by Gasteiger charge is 2.19. The molecule has 0 aromatic rings. The highest BCUT2D eigenvalue weighted by Crippen LogP contribution is 2.16. The Morgan fingerprint density at radius 2 is 0.522 bits per heavy atom. The average molecular weight is 968 g/mol. The molecule has 0 aliphatic carbocycles. The Bertz CT molecular complexity index is 1200. The van der Waals surface area contributed by atoms with Gasteiger partial charge < -0.3 is 14.2 Å². The summed E-state index contributed by atoms with van der Waals surface area (Å²) in [6, 6.07) is 0. The van der Waals surface area contributed by atoms with Gasteiger partial charge >= 0.3 is 17.9 Å². The second-order valence-electron chi connectivity index (χ2n) is 20.3. The van der Waals surface area contributed by atoms with Crippen molar-refractivity contribution in [3.05, 3.63) is 48.6 Å². The third-order valence-electron chi connectivity index (χ3n) is 13.3. The second-order valence-corrected chi connectivity index (χ2v) is 20.3. The van der Waals surface area contributed by atoms with E-state index in [-0.39, 0.29) is 31.1 Å². The Labute approximate surface area is 428 Å². The number of esters is 3. The molecule has 0 rings (SSSR count). The van der Waals surface area contributed by atoms with Gasteiger partial charge in [-0.15, -0.1) is 0 Å². The first-order valence-corrected chi connectivity index (χ1v) is 30.1. The fraction of sp³-hybridized carbons (Fsp3) is 0.825. The molecule has 1 unspecified atom stereocenters. The second kappa shape index (κ2) is 57.9. The van der Waals surface area contributed by atoms with E-state index in [0.29, 0.717) is 19.3 Å². The number of hydrogen-bond donors (Lipinski definition) is 0. The van der Waals surface area contributed by atoms with Crippen LogP contribution in [0.2, 0.25) is 0 Å². The Morgan fingerprint density at radius 3 is 0.826 bits per heavy atom. The fourth-order valence-electron chi connectivity index (χ4n) is 8.74. The molecule has 0 spiro atoms. The lowest BCUT2D eigenvalue weighted by Gasteiger charge is -2.18. The van der Waals surface area contributed by atoms with Gasteiger partial charge in [0.25, 0.3) is 0 Å². The summed E-state index contributed by atoms with van der Waals surface area (Å²) in [6.45, 7) is 6.63. The number of unbranched alkanes of at least 4 members (excludes halogenated alkanes) is 36. The van der Waals surface area contributed by atoms with Crippen LogP contribution in [0.3, 0.4) is 0 Å². The molecular formula is C63H114O6. The summed E-state index contributed by atoms with van der Waals surface area (Å²) in [4.78, 5) is 38.2. The normalized spacial score (nSPS) is 12.3. The van der Waals surface area contributed by atoms with E-state index in [1.807, 2.05) is 0 Å². The number of carbonyl (C=O) groups excluding carboxylic acids is 3. The minimum Gasteiger partial charge on any atom is -0.462 e. The van der Waals surface area contributed by atoms with Gasteiger partial charge in [-0.3, -0.25) is 14.4 Å². The number of rotatable bonds is 55. The molecule has 0 saturated heterocycles. The van der Waals surface area contributed by atoms with Gasteiger partial charge in [0.15, 0.2) is 6.10 Å². The van der Waals surface area contributed by atoms with Gasteiger partial charge in [0.1, 0.15) is 13.2 Å². The number of carbonyl (C=O) groups is 3. The molecule has 0 aliphatic rings. The summed E-state index contributed by atoms with van der Waals surface area (Å²) in [5.74, 6) is -0.876. The fourth-order valence-corrected chi connectivity index (χ4v) is 8.74. The first-order chi connectivity index (χ1) is 34.0. The maximum Gasteiger partial charge on any atom is 0.306 e. The van der Waals surface area contributed by atoms with Crippen LogP contribution in [-0.2, 0) is 28.6 Å². The first-order valence-electron chi connectivity index (χ1n) is 30.1. The van der Waals surface area contributed by atoms with E-state index in [1.165, 1.54) is 186 Å². The number of ether oxygens (including phenoxy) is 3. The maximum atomic E-state index is 12.8. The molecular weight excluding hydrogens is 853 g/mol. The van der Waals surface area contributed by atoms with Gasteiger partial charge in [0, 0.05) is 19.3 Å². The summed E-state index contributed by atoms with van der Waals surface area (Å²) >= 11 is 0. The van der Waals surface area contributed by atoms with Crippen molar-refractivity contribution in [1.82, 2.24) is 0 Å². The lowest BCUT2D eigenvalue weighted by atomic mass is 10.0. The minimum atomic E-state index is -0.779. The van der Waals surface area contributed by atoms with Gasteiger partial charge in [-0.25, -0.2) is 0 Å². The van der Waals surface area contributed by atoms with Crippen LogP contribution in [0.4, 0.5) is 0 Å². The van der Waals surface area contributed by atoms with Crippen molar-refractivity contribution in [3.8, 4) is 0 Å². The van der Waals surface area contributed by atoms with Crippen molar-refractivity contribution in [2.24, 2.45) is 0 Å². The van der Waals surface area contributed by atoms with Crippen LogP contribution >= 0.6 is 0 Å². The van der Waals surface area contributed by atoms with Crippen LogP contribution in [0.15, 0.2) is 48.6 Å². The molecule has 0 aliphatic heterocycles. The van der Waals surface area contributed by atoms with Gasteiger partial charge in [0.05, 0.1) is 0 Å². The van der Waals surface area contributed by atoms with Crippen LogP contribution in [0.1, 0.15) is 316 Å². The van der Waals surface area contributed by atoms with E-state index in [4.69, 9.17) is 14.2 Å². The van der Waals surface area contributed by atoms with Crippen LogP contribution in [-0.4, -0.2) is 37.2 Å². The van der Waals surface area contributed by atoms with Crippen molar-refractivity contribution in [3.63, 3.8) is 0 Å². The van der Waals surface area contributed by atoms with E-state index in [9.17, 15) is 14.4 Å². The molecule has 0 aromatic heterocycles. The Kier molecular flexibility index (Phi) is 55.7. The summed E-state index contributed by atoms with van der Waals surface area (Å²) in [5.41, 5.74) is 0. The van der Waals surface area contributed by atoms with Gasteiger partial charge in [-0.05, 0) is 83.5 Å². The lowest BCUT2D eigenvalue weighted by Crippen LogP contribution is -2.30. The highest BCUT2D eigenvalue weighted by molar-refractivity contribution is 5.71. The standard InChI is InChI=1S/C63H114O6/c1-4-7-10-13-16-19-22-25-27-28-29-30-31-32-33-34-36-38-41-44-47-50-53-56-62(65)68-59-60(58-67-61(64)55-52-49-46-43-40-37-24-21-18-15-12-9-6-3)69-63(66)57-54-51-48-45-42-39-35-26-23-20-17-14-11-8-5-2/h17,20,22,25-26,28-29,35,60H,4-16,18-19,21,23-24,27,30-34,36-59H2,1-3H3/b20-17-,25-22-,29-28-,35-26-. The van der Waals surface area contributed by atoms with Crippen LogP contribution in [0, 0.1) is 0 Å². The van der Waals surface area contributed by atoms with E-state index in [0.717, 1.165) is 89.9 Å². The zero-order valence-corrected chi connectivity index (χ0v) is 46.1. The predicted molar refractivity (Wildman–Crippen MR) is 298 cm³/mol. The summed E-state index contributed by atoms with van der Waals surface area (Å²) in [6.07, 6.45) is 71.0. The molecule has 0 radical (unpaired) electrons. The van der Waals surface area contributed by atoms with Crippen LogP contribution < -0.4 is 0 Å². The van der Waals surface area contributed by atoms with E-state index in [2.05, 4.69) is 69.4 Å². The lowest BCUT2D eigenvalue weighted by molar-refractivity contribution is -0.167. The summed E-state index contributed by atoms with van der Waals surface area (Å²) in [7, 11) is 0. The maximum absolute atomic E-state index is 12.8. The van der Waals surface area contributed by atoms with Crippen molar-refractivity contribution < 1.29 is 28.6 Å². The smallest absolute Gasteiger partial charge is 0.306 e. The molecule has 0 fully saturated rings. The molecule has 402 valence electrons. The molecule has 6 nitrogen and oxygen atoms in total. The Hall–Kier alpha value is -2.63. The summed E-state index contributed by atoms with van der Waals surface area (Å²) in [5, 5.41) is 0. The van der Waals surface area contributed by atoms with Crippen LogP contribution in [0.5, 0.6) is 0 Å². The van der Waals surface area contributed by atoms with E-state index < -0.39 is 6.10 Å². The molecule has 0 heterocycles. The average Bonchev–Trinajstić information content (AvgIpc) is 3.35. The quantitative estimate of drug-likeness (QED) is 0.0262. The largest absolute Gasteiger partial charge is 0.462 e. The van der Waals surface area contributed by atoms with Gasteiger partial charge in [-0.2, -0.15) is 0 Å². The Morgan fingerprint density at radius 1 is 0.290 bits per heavy atom. The third-order valence-corrected chi connectivity index (χ3v) is 13.3. The first kappa shape index (κ1) is 66.4. The predicted octanol–water partition coefficient (Wildman–Crippen LogP) is 20.2. The molecule has 69 heavy (non-hydrogen) atoms. The zero-order valence-electron chi connectivity index (χ0n) is 46.1. The number of allylic oxidation sites excluding steroid dienone is 8.